The summed E-state index contributed by atoms with van der Waals surface area (Å²) < 4.78 is 1.27. The molecule has 0 bridgehead atoms. The molecule has 2 aromatic carbocycles. The van der Waals surface area contributed by atoms with Crippen LogP contribution in [0.2, 0.25) is 0 Å². The minimum Gasteiger partial charge on any atom is -0.383 e. The van der Waals surface area contributed by atoms with Gasteiger partial charge < -0.3 is 5.32 Å². The average molecular weight is 355 g/mol. The highest BCUT2D eigenvalue weighted by Crippen LogP contribution is 2.19. The van der Waals surface area contributed by atoms with Crippen molar-refractivity contribution >= 4 is 40.0 Å². The van der Waals surface area contributed by atoms with Gasteiger partial charge >= 0.3 is 0 Å². The molecule has 0 atom stereocenters. The molecule has 0 aromatic heterocycles. The van der Waals surface area contributed by atoms with Crippen molar-refractivity contribution in [3.63, 3.8) is 0 Å². The molecule has 0 saturated heterocycles. The predicted octanol–water partition coefficient (Wildman–Crippen LogP) is 4.50. The molecular weight excluding hydrogens is 341 g/mol. The van der Waals surface area contributed by atoms with Gasteiger partial charge in [-0.05, 0) is 46.9 Å². The Labute approximate surface area is 120 Å². The Hall–Kier alpha value is -0.680. The maximum atomic E-state index is 3.45. The van der Waals surface area contributed by atoms with E-state index in [4.69, 9.17) is 0 Å². The zero-order valence-electron chi connectivity index (χ0n) is 9.40. The van der Waals surface area contributed by atoms with Crippen LogP contribution in [0.4, 0.5) is 5.69 Å². The number of benzene rings is 2. The minimum absolute atomic E-state index is 0.986. The molecule has 0 fully saturated rings. The summed E-state index contributed by atoms with van der Waals surface area (Å²) in [5.41, 5.74) is 1.22. The number of hydrogen-bond acceptors (Lipinski definition) is 2. The van der Waals surface area contributed by atoms with Crippen molar-refractivity contribution in [3.05, 3.63) is 58.2 Å². The minimum atomic E-state index is 0.986. The summed E-state index contributed by atoms with van der Waals surface area (Å²) in [5, 5.41) is 3.45. The van der Waals surface area contributed by atoms with Crippen LogP contribution in [0.1, 0.15) is 0 Å². The molecule has 1 nitrogen and oxygen atoms in total. The van der Waals surface area contributed by atoms with Gasteiger partial charge in [0.1, 0.15) is 0 Å². The first-order valence-electron chi connectivity index (χ1n) is 5.52. The van der Waals surface area contributed by atoms with E-state index in [-0.39, 0.29) is 0 Å². The van der Waals surface area contributed by atoms with Crippen LogP contribution >= 0.6 is 34.4 Å². The molecule has 2 aromatic rings. The van der Waals surface area contributed by atoms with Crippen LogP contribution in [-0.2, 0) is 0 Å². The van der Waals surface area contributed by atoms with Gasteiger partial charge in [0, 0.05) is 26.5 Å². The van der Waals surface area contributed by atoms with Gasteiger partial charge in [-0.25, -0.2) is 0 Å². The lowest BCUT2D eigenvalue weighted by Crippen LogP contribution is -2.04. The van der Waals surface area contributed by atoms with Crippen LogP contribution < -0.4 is 5.32 Å². The maximum absolute atomic E-state index is 3.45. The quantitative estimate of drug-likeness (QED) is 0.482. The molecule has 0 saturated carbocycles. The molecule has 0 aliphatic rings. The van der Waals surface area contributed by atoms with Gasteiger partial charge in [-0.2, -0.15) is 0 Å². The van der Waals surface area contributed by atoms with Crippen LogP contribution in [0.3, 0.4) is 0 Å². The van der Waals surface area contributed by atoms with Crippen molar-refractivity contribution in [2.45, 2.75) is 4.90 Å². The van der Waals surface area contributed by atoms with Crippen LogP contribution in [0.5, 0.6) is 0 Å². The number of rotatable bonds is 5. The van der Waals surface area contributed by atoms with E-state index in [1.807, 2.05) is 11.8 Å². The standard InChI is InChI=1S/C14H14INS/c15-13-8-4-5-9-14(13)16-10-11-17-12-6-2-1-3-7-12/h1-9,16H,10-11H2. The number of thioether (sulfide) groups is 1. The Kier molecular flexibility index (Phi) is 5.19. The second-order valence-corrected chi connectivity index (χ2v) is 5.90. The summed E-state index contributed by atoms with van der Waals surface area (Å²) in [4.78, 5) is 1.33. The van der Waals surface area contributed by atoms with Crippen molar-refractivity contribution in [2.75, 3.05) is 17.6 Å². The largest absolute Gasteiger partial charge is 0.383 e. The van der Waals surface area contributed by atoms with Crippen LogP contribution in [-0.4, -0.2) is 12.3 Å². The summed E-state index contributed by atoms with van der Waals surface area (Å²) in [5.74, 6) is 1.08. The van der Waals surface area contributed by atoms with E-state index in [1.165, 1.54) is 14.2 Å². The first-order valence-corrected chi connectivity index (χ1v) is 7.59. The van der Waals surface area contributed by atoms with Crippen LogP contribution in [0, 0.1) is 3.57 Å². The number of para-hydroxylation sites is 1. The van der Waals surface area contributed by atoms with Gasteiger partial charge in [-0.3, -0.25) is 0 Å². The SMILES string of the molecule is Ic1ccccc1NCCSc1ccccc1. The third-order valence-corrected chi connectivity index (χ3v) is 4.26. The second-order valence-electron chi connectivity index (χ2n) is 3.57. The Morgan fingerprint density at radius 1 is 0.941 bits per heavy atom. The molecule has 1 N–H and O–H groups in total. The van der Waals surface area contributed by atoms with E-state index in [2.05, 4.69) is 82.5 Å². The Morgan fingerprint density at radius 2 is 1.65 bits per heavy atom. The molecule has 0 aliphatic carbocycles. The van der Waals surface area contributed by atoms with E-state index in [9.17, 15) is 0 Å². The molecule has 0 aliphatic heterocycles. The van der Waals surface area contributed by atoms with E-state index >= 15 is 0 Å². The van der Waals surface area contributed by atoms with Crippen LogP contribution in [0.15, 0.2) is 59.5 Å². The van der Waals surface area contributed by atoms with Gasteiger partial charge in [0.15, 0.2) is 0 Å². The van der Waals surface area contributed by atoms with Gasteiger partial charge in [0.05, 0.1) is 0 Å². The fourth-order valence-corrected chi connectivity index (χ4v) is 2.84. The molecule has 3 heteroatoms. The van der Waals surface area contributed by atoms with Gasteiger partial charge in [0.2, 0.25) is 0 Å². The summed E-state index contributed by atoms with van der Waals surface area (Å²) in [6.07, 6.45) is 0. The molecule has 0 amide bonds. The zero-order valence-corrected chi connectivity index (χ0v) is 12.4. The summed E-state index contributed by atoms with van der Waals surface area (Å²) in [6.45, 7) is 0.986. The Bertz CT molecular complexity index is 459. The number of halogens is 1. The topological polar surface area (TPSA) is 12.0 Å². The predicted molar refractivity (Wildman–Crippen MR) is 84.8 cm³/mol. The van der Waals surface area contributed by atoms with Crippen molar-refractivity contribution in [3.8, 4) is 0 Å². The van der Waals surface area contributed by atoms with Crippen molar-refractivity contribution in [1.82, 2.24) is 0 Å². The summed E-state index contributed by atoms with van der Waals surface area (Å²) in [6, 6.07) is 18.9. The van der Waals surface area contributed by atoms with Gasteiger partial charge in [0.25, 0.3) is 0 Å². The van der Waals surface area contributed by atoms with Crippen molar-refractivity contribution < 1.29 is 0 Å². The van der Waals surface area contributed by atoms with Crippen molar-refractivity contribution in [2.24, 2.45) is 0 Å². The molecule has 0 heterocycles. The molecule has 88 valence electrons. The number of nitrogens with one attached hydrogen (secondary N) is 1. The monoisotopic (exact) mass is 355 g/mol. The normalized spacial score (nSPS) is 10.2. The van der Waals surface area contributed by atoms with Crippen LogP contribution in [0.25, 0.3) is 0 Å². The molecule has 0 radical (unpaired) electrons. The third-order valence-electron chi connectivity index (χ3n) is 2.30. The highest BCUT2D eigenvalue weighted by Gasteiger charge is 1.97. The average Bonchev–Trinajstić information content (AvgIpc) is 2.38. The zero-order chi connectivity index (χ0) is 11.9. The maximum Gasteiger partial charge on any atom is 0.0476 e. The van der Waals surface area contributed by atoms with Gasteiger partial charge in [-0.15, -0.1) is 11.8 Å². The van der Waals surface area contributed by atoms with E-state index in [0.717, 1.165) is 12.3 Å². The first-order chi connectivity index (χ1) is 8.36. The fraction of sp³-hybridized carbons (Fsp3) is 0.143. The first kappa shape index (κ1) is 12.8. The lowest BCUT2D eigenvalue weighted by atomic mass is 10.3. The van der Waals surface area contributed by atoms with E-state index < -0.39 is 0 Å². The van der Waals surface area contributed by atoms with Gasteiger partial charge in [-0.1, -0.05) is 30.3 Å². The molecule has 17 heavy (non-hydrogen) atoms. The molecule has 0 spiro atoms. The lowest BCUT2D eigenvalue weighted by molar-refractivity contribution is 1.22. The molecule has 2 rings (SSSR count). The molecular formula is C14H14INS. The third kappa shape index (κ3) is 4.24. The Morgan fingerprint density at radius 3 is 2.41 bits per heavy atom. The molecule has 0 unspecified atom stereocenters. The van der Waals surface area contributed by atoms with Crippen molar-refractivity contribution in [1.29, 1.82) is 0 Å². The second kappa shape index (κ2) is 6.91. The Balaban J connectivity index is 1.76. The highest BCUT2D eigenvalue weighted by molar-refractivity contribution is 14.1. The number of hydrogen-bond donors (Lipinski definition) is 1. The smallest absolute Gasteiger partial charge is 0.0476 e. The van der Waals surface area contributed by atoms with E-state index in [0.29, 0.717) is 0 Å². The summed E-state index contributed by atoms with van der Waals surface area (Å²) in [7, 11) is 0. The number of anilines is 1. The highest BCUT2D eigenvalue weighted by atomic mass is 127. The lowest BCUT2D eigenvalue weighted by Gasteiger charge is -2.07. The van der Waals surface area contributed by atoms with E-state index in [1.54, 1.807) is 0 Å². The summed E-state index contributed by atoms with van der Waals surface area (Å²) >= 11 is 4.23. The fourth-order valence-electron chi connectivity index (χ4n) is 1.48.